The number of morpholine rings is 1. The van der Waals surface area contributed by atoms with Crippen LogP contribution in [0.25, 0.3) is 0 Å². The fourth-order valence-corrected chi connectivity index (χ4v) is 3.57. The molecule has 0 aliphatic carbocycles. The van der Waals surface area contributed by atoms with Crippen molar-refractivity contribution in [2.45, 2.75) is 33.1 Å². The standard InChI is InChI=1S/C18H30N6OS/c1-3-6-19-18(26)22-17-20-15(23-8-10-25-11-9-23)12-16(21-17)24-7-4-5-14(2)13-24/h12,14H,3-11,13H2,1-2H3,(H2,19,20,21,22,26)/t14-/m0/s1. The normalized spacial score (nSPS) is 20.8. The fraction of sp³-hybridized carbons (Fsp3) is 0.722. The van der Waals surface area contributed by atoms with Crippen molar-refractivity contribution in [2.24, 2.45) is 5.92 Å². The number of hydrogen-bond donors (Lipinski definition) is 2. The monoisotopic (exact) mass is 378 g/mol. The maximum absolute atomic E-state index is 5.48. The number of aromatic nitrogens is 2. The number of piperidine rings is 1. The number of nitrogens with zero attached hydrogens (tertiary/aromatic N) is 4. The van der Waals surface area contributed by atoms with Crippen molar-refractivity contribution in [2.75, 3.05) is 61.1 Å². The Balaban J connectivity index is 1.82. The lowest BCUT2D eigenvalue weighted by Gasteiger charge is -2.33. The molecule has 26 heavy (non-hydrogen) atoms. The Morgan fingerprint density at radius 1 is 1.23 bits per heavy atom. The second-order valence-corrected chi connectivity index (χ2v) is 7.49. The van der Waals surface area contributed by atoms with E-state index in [0.717, 1.165) is 64.0 Å². The Morgan fingerprint density at radius 3 is 2.65 bits per heavy atom. The second kappa shape index (κ2) is 9.32. The van der Waals surface area contributed by atoms with Gasteiger partial charge in [0.2, 0.25) is 5.95 Å². The highest BCUT2D eigenvalue weighted by atomic mass is 32.1. The Kier molecular flexibility index (Phi) is 6.85. The topological polar surface area (TPSA) is 65.6 Å². The van der Waals surface area contributed by atoms with E-state index in [2.05, 4.69) is 40.3 Å². The molecule has 0 bridgehead atoms. The first-order valence-electron chi connectivity index (χ1n) is 9.67. The van der Waals surface area contributed by atoms with Crippen molar-refractivity contribution < 1.29 is 4.74 Å². The molecule has 1 aromatic rings. The molecular weight excluding hydrogens is 348 g/mol. The lowest BCUT2D eigenvalue weighted by atomic mass is 10.0. The first-order chi connectivity index (χ1) is 12.7. The third kappa shape index (κ3) is 5.17. The maximum atomic E-state index is 5.48. The van der Waals surface area contributed by atoms with E-state index in [1.54, 1.807) is 0 Å². The quantitative estimate of drug-likeness (QED) is 0.757. The van der Waals surface area contributed by atoms with E-state index >= 15 is 0 Å². The van der Waals surface area contributed by atoms with Crippen LogP contribution >= 0.6 is 12.2 Å². The van der Waals surface area contributed by atoms with E-state index in [1.165, 1.54) is 12.8 Å². The molecule has 0 spiro atoms. The van der Waals surface area contributed by atoms with Crippen molar-refractivity contribution in [1.29, 1.82) is 0 Å². The third-order valence-corrected chi connectivity index (χ3v) is 5.02. The average Bonchev–Trinajstić information content (AvgIpc) is 2.67. The highest BCUT2D eigenvalue weighted by Gasteiger charge is 2.21. The van der Waals surface area contributed by atoms with Crippen molar-refractivity contribution in [3.05, 3.63) is 6.07 Å². The Labute approximate surface area is 161 Å². The maximum Gasteiger partial charge on any atom is 0.232 e. The predicted molar refractivity (Wildman–Crippen MR) is 110 cm³/mol. The van der Waals surface area contributed by atoms with Gasteiger partial charge in [0.15, 0.2) is 5.11 Å². The van der Waals surface area contributed by atoms with E-state index in [1.807, 2.05) is 0 Å². The summed E-state index contributed by atoms with van der Waals surface area (Å²) in [5.41, 5.74) is 0. The summed E-state index contributed by atoms with van der Waals surface area (Å²) in [6.07, 6.45) is 3.51. The van der Waals surface area contributed by atoms with Crippen molar-refractivity contribution in [3.8, 4) is 0 Å². The number of anilines is 3. The van der Waals surface area contributed by atoms with Gasteiger partial charge in [0, 0.05) is 38.8 Å². The zero-order valence-electron chi connectivity index (χ0n) is 15.8. The number of thiocarbonyl (C=S) groups is 1. The van der Waals surface area contributed by atoms with Gasteiger partial charge in [0.25, 0.3) is 0 Å². The molecule has 0 amide bonds. The van der Waals surface area contributed by atoms with E-state index < -0.39 is 0 Å². The summed E-state index contributed by atoms with van der Waals surface area (Å²) in [6, 6.07) is 2.11. The van der Waals surface area contributed by atoms with Crippen LogP contribution in [0.2, 0.25) is 0 Å². The lowest BCUT2D eigenvalue weighted by molar-refractivity contribution is 0.122. The van der Waals surface area contributed by atoms with Crippen molar-refractivity contribution >= 4 is 34.9 Å². The molecule has 2 saturated heterocycles. The summed E-state index contributed by atoms with van der Waals surface area (Å²) in [5, 5.41) is 6.91. The van der Waals surface area contributed by atoms with E-state index in [0.29, 0.717) is 17.0 Å². The van der Waals surface area contributed by atoms with Gasteiger partial charge in [-0.3, -0.25) is 0 Å². The van der Waals surface area contributed by atoms with Gasteiger partial charge < -0.3 is 25.2 Å². The molecule has 3 rings (SSSR count). The first kappa shape index (κ1) is 19.1. The van der Waals surface area contributed by atoms with Crippen LogP contribution in [0, 0.1) is 5.92 Å². The number of nitrogens with one attached hydrogen (secondary N) is 2. The predicted octanol–water partition coefficient (Wildman–Crippen LogP) is 2.25. The molecule has 144 valence electrons. The Bertz CT molecular complexity index is 607. The van der Waals surface area contributed by atoms with Gasteiger partial charge >= 0.3 is 0 Å². The van der Waals surface area contributed by atoms with Gasteiger partial charge in [-0.2, -0.15) is 9.97 Å². The molecule has 8 heteroatoms. The summed E-state index contributed by atoms with van der Waals surface area (Å²) in [7, 11) is 0. The van der Waals surface area contributed by atoms with E-state index in [-0.39, 0.29) is 0 Å². The van der Waals surface area contributed by atoms with Crippen LogP contribution in [0.1, 0.15) is 33.1 Å². The summed E-state index contributed by atoms with van der Waals surface area (Å²) in [5.74, 6) is 3.18. The molecule has 0 radical (unpaired) electrons. The molecule has 7 nitrogen and oxygen atoms in total. The average molecular weight is 379 g/mol. The largest absolute Gasteiger partial charge is 0.378 e. The van der Waals surface area contributed by atoms with Crippen LogP contribution in [0.4, 0.5) is 17.6 Å². The fourth-order valence-electron chi connectivity index (χ4n) is 3.38. The minimum Gasteiger partial charge on any atom is -0.378 e. The molecule has 1 aromatic heterocycles. The molecule has 1 atom stereocenters. The molecule has 0 unspecified atom stereocenters. The highest BCUT2D eigenvalue weighted by molar-refractivity contribution is 7.80. The highest BCUT2D eigenvalue weighted by Crippen LogP contribution is 2.26. The molecule has 0 aromatic carbocycles. The smallest absolute Gasteiger partial charge is 0.232 e. The summed E-state index contributed by atoms with van der Waals surface area (Å²) in [6.45, 7) is 10.5. The van der Waals surface area contributed by atoms with Gasteiger partial charge in [-0.15, -0.1) is 0 Å². The third-order valence-electron chi connectivity index (χ3n) is 4.78. The molecule has 2 N–H and O–H groups in total. The zero-order valence-corrected chi connectivity index (χ0v) is 16.6. The molecule has 2 aliphatic heterocycles. The van der Waals surface area contributed by atoms with Gasteiger partial charge in [-0.25, -0.2) is 0 Å². The summed E-state index contributed by atoms with van der Waals surface area (Å²) >= 11 is 5.37. The SMILES string of the molecule is CCCNC(=S)Nc1nc(N2CCOCC2)cc(N2CCC[C@H](C)C2)n1. The molecule has 2 aliphatic rings. The van der Waals surface area contributed by atoms with Crippen LogP contribution in [0.3, 0.4) is 0 Å². The lowest BCUT2D eigenvalue weighted by Crippen LogP contribution is -2.38. The van der Waals surface area contributed by atoms with Crippen LogP contribution in [0.15, 0.2) is 6.07 Å². The molecule has 2 fully saturated rings. The van der Waals surface area contributed by atoms with E-state index in [9.17, 15) is 0 Å². The Morgan fingerprint density at radius 2 is 1.96 bits per heavy atom. The van der Waals surface area contributed by atoms with Gasteiger partial charge in [0.1, 0.15) is 11.6 Å². The molecule has 0 saturated carbocycles. The minimum atomic E-state index is 0.566. The molecular formula is C18H30N6OS. The number of rotatable bonds is 5. The van der Waals surface area contributed by atoms with Crippen LogP contribution in [0.5, 0.6) is 0 Å². The van der Waals surface area contributed by atoms with Crippen LogP contribution in [-0.2, 0) is 4.74 Å². The summed E-state index contributed by atoms with van der Waals surface area (Å²) in [4.78, 5) is 14.1. The number of ether oxygens (including phenoxy) is 1. The van der Waals surface area contributed by atoms with Gasteiger partial charge in [0.05, 0.1) is 13.2 Å². The second-order valence-electron chi connectivity index (χ2n) is 7.08. The van der Waals surface area contributed by atoms with Gasteiger partial charge in [-0.05, 0) is 37.4 Å². The first-order valence-corrected chi connectivity index (χ1v) is 10.1. The van der Waals surface area contributed by atoms with Crippen molar-refractivity contribution in [1.82, 2.24) is 15.3 Å². The van der Waals surface area contributed by atoms with E-state index in [4.69, 9.17) is 26.9 Å². The zero-order chi connectivity index (χ0) is 18.4. The number of hydrogen-bond acceptors (Lipinski definition) is 6. The van der Waals surface area contributed by atoms with Gasteiger partial charge in [-0.1, -0.05) is 13.8 Å². The van der Waals surface area contributed by atoms with Crippen LogP contribution < -0.4 is 20.4 Å². The Hall–Kier alpha value is -1.67. The van der Waals surface area contributed by atoms with Crippen molar-refractivity contribution in [3.63, 3.8) is 0 Å². The van der Waals surface area contributed by atoms with Crippen LogP contribution in [-0.4, -0.2) is 61.0 Å². The molecule has 3 heterocycles. The summed E-state index contributed by atoms with van der Waals surface area (Å²) < 4.78 is 5.48. The minimum absolute atomic E-state index is 0.566.